The van der Waals surface area contributed by atoms with Crippen LogP contribution in [0.5, 0.6) is 0 Å². The van der Waals surface area contributed by atoms with Crippen LogP contribution < -0.4 is 77.6 Å². The van der Waals surface area contributed by atoms with E-state index < -0.39 is 38.8 Å². The van der Waals surface area contributed by atoms with E-state index in [1.54, 1.807) is 0 Å². The van der Waals surface area contributed by atoms with Gasteiger partial charge in [-0.3, -0.25) is 0 Å². The molecule has 8 nitrogen and oxygen atoms in total. The van der Waals surface area contributed by atoms with E-state index in [2.05, 4.69) is 0 Å². The molecule has 0 atom stereocenters. The van der Waals surface area contributed by atoms with Crippen LogP contribution in [0.4, 0.5) is 0 Å². The van der Waals surface area contributed by atoms with Crippen molar-refractivity contribution in [3.63, 3.8) is 0 Å². The van der Waals surface area contributed by atoms with Crippen LogP contribution in [0.2, 0.25) is 0 Å². The molecule has 431 valence electrons. The fourth-order valence-corrected chi connectivity index (χ4v) is 20.1. The molecule has 12 aromatic rings. The van der Waals surface area contributed by atoms with Crippen molar-refractivity contribution in [1.82, 2.24) is 0 Å². The summed E-state index contributed by atoms with van der Waals surface area (Å²) in [6.07, 6.45) is 0. The third-order valence-electron chi connectivity index (χ3n) is 13.4. The molecule has 0 heterocycles. The Morgan fingerprint density at radius 2 is 0.244 bits per heavy atom. The summed E-state index contributed by atoms with van der Waals surface area (Å²) in [6, 6.07) is 117. The van der Waals surface area contributed by atoms with Gasteiger partial charge in [0.25, 0.3) is 0 Å². The summed E-state index contributed by atoms with van der Waals surface area (Å²) < 4.78 is 88.0. The Labute approximate surface area is 516 Å². The van der Waals surface area contributed by atoms with Crippen molar-refractivity contribution in [3.05, 3.63) is 364 Å². The average Bonchev–Trinajstić information content (AvgIpc) is 2.53. The maximum Gasteiger partial charge on any atom is 2.00 e. The zero-order chi connectivity index (χ0) is 59.9. The summed E-state index contributed by atoms with van der Waals surface area (Å²) >= 11 is 0. The number of hydrogen-bond donors (Lipinski definition) is 1. The molecule has 0 unspecified atom stereocenters. The maximum absolute atomic E-state index is 13.8. The molecule has 0 saturated carbocycles. The van der Waals surface area contributed by atoms with Crippen LogP contribution in [0.25, 0.3) is 0 Å². The first-order valence-corrected chi connectivity index (χ1v) is 35.1. The minimum atomic E-state index is -4.69. The number of halogens is 1. The monoisotopic (exact) mass is 1270 g/mol. The van der Waals surface area contributed by atoms with Crippen LogP contribution in [0.3, 0.4) is 0 Å². The molecule has 0 bridgehead atoms. The standard InChI is InChI=1S/4C18H15OP.ClHO4.Co/c4*19-20(16-10-4-1-5-11-16,17-12-6-2-7-13-17)18-14-8-3-9-15-18;2-1(3,4)5;/h4*1-15H;(H,2,3,4,5);/q;;;;;+2. The molecule has 0 aliphatic carbocycles. The van der Waals surface area contributed by atoms with Gasteiger partial charge in [0.05, 0.1) is 14.9 Å². The topological polar surface area (TPSA) is 158 Å². The van der Waals surface area contributed by atoms with E-state index in [0.29, 0.717) is 0 Å². The molecular formula is C72H61ClCoO8P4+2. The Hall–Kier alpha value is -7.80. The Bertz CT molecular complexity index is 3130. The Morgan fingerprint density at radius 1 is 0.186 bits per heavy atom. The Morgan fingerprint density at radius 3 is 0.302 bits per heavy atom. The molecule has 1 N–H and O–H groups in total. The fourth-order valence-electron chi connectivity index (χ4n) is 9.44. The maximum atomic E-state index is 13.8. The summed E-state index contributed by atoms with van der Waals surface area (Å²) in [5, 5.41) is 10.5. The minimum absolute atomic E-state index is 0. The summed E-state index contributed by atoms with van der Waals surface area (Å²) in [4.78, 5) is 0. The van der Waals surface area contributed by atoms with E-state index in [4.69, 9.17) is 18.6 Å². The first kappa shape index (κ1) is 65.7. The smallest absolute Gasteiger partial charge is 0.309 e. The van der Waals surface area contributed by atoms with Crippen molar-refractivity contribution >= 4 is 92.2 Å². The largest absolute Gasteiger partial charge is 2.00 e. The Kier molecular flexibility index (Phi) is 24.5. The quantitative estimate of drug-likeness (QED) is 0.119. The van der Waals surface area contributed by atoms with Gasteiger partial charge in [-0.05, 0) is 0 Å². The summed E-state index contributed by atoms with van der Waals surface area (Å²) in [6.45, 7) is 0. The predicted molar refractivity (Wildman–Crippen MR) is 346 cm³/mol. The van der Waals surface area contributed by atoms with Crippen LogP contribution >= 0.6 is 28.6 Å². The fraction of sp³-hybridized carbons (Fsp3) is 0. The van der Waals surface area contributed by atoms with Crippen molar-refractivity contribution in [3.8, 4) is 0 Å². The molecule has 0 fully saturated rings. The summed E-state index contributed by atoms with van der Waals surface area (Å²) in [7, 11) is -15.8. The SMILES string of the molecule is O=P(c1ccccc1)(c1ccccc1)c1ccccc1.O=P(c1ccccc1)(c1ccccc1)c1ccccc1.O=P(c1ccccc1)(c1ccccc1)c1ccccc1.O=P(c1ccccc1)(c1ccccc1)c1ccccc1.[Co+2].[O-][Cl+3]([O-])([O-])O. The van der Waals surface area contributed by atoms with E-state index in [1.165, 1.54) is 0 Å². The van der Waals surface area contributed by atoms with Crippen molar-refractivity contribution in [2.24, 2.45) is 0 Å². The van der Waals surface area contributed by atoms with Crippen molar-refractivity contribution in [2.45, 2.75) is 0 Å². The van der Waals surface area contributed by atoms with Crippen molar-refractivity contribution in [1.29, 1.82) is 0 Å². The van der Waals surface area contributed by atoms with Crippen molar-refractivity contribution in [2.75, 3.05) is 0 Å². The molecular weight excluding hydrogens is 1210 g/mol. The second-order valence-corrected chi connectivity index (χ2v) is 30.7. The van der Waals surface area contributed by atoms with Crippen LogP contribution in [0, 0.1) is 10.2 Å². The van der Waals surface area contributed by atoms with Gasteiger partial charge in [0, 0.05) is 63.7 Å². The number of hydrogen-bond acceptors (Lipinski definition) is 8. The third-order valence-corrected chi connectivity index (χ3v) is 25.7. The van der Waals surface area contributed by atoms with Crippen LogP contribution in [-0.4, -0.2) is 4.66 Å². The van der Waals surface area contributed by atoms with E-state index in [1.807, 2.05) is 364 Å². The minimum Gasteiger partial charge on any atom is -0.309 e. The molecule has 0 amide bonds. The first-order chi connectivity index (χ1) is 41.3. The van der Waals surface area contributed by atoms with Gasteiger partial charge in [0.2, 0.25) is 0 Å². The summed E-state index contributed by atoms with van der Waals surface area (Å²) in [5.74, 6) is 0. The van der Waals surface area contributed by atoms with Crippen LogP contribution in [-0.2, 0) is 35.0 Å². The summed E-state index contributed by atoms with van der Waals surface area (Å²) in [5.41, 5.74) is 0. The van der Waals surface area contributed by atoms with Gasteiger partial charge < -0.3 is 18.3 Å². The molecule has 14 heteroatoms. The van der Waals surface area contributed by atoms with Crippen molar-refractivity contribution < 1.29 is 63.9 Å². The normalized spacial score (nSPS) is 11.1. The molecule has 1 radical (unpaired) electrons. The number of benzene rings is 12. The second kappa shape index (κ2) is 32.1. The zero-order valence-electron chi connectivity index (χ0n) is 46.4. The molecule has 86 heavy (non-hydrogen) atoms. The first-order valence-electron chi connectivity index (χ1n) is 27.0. The Balaban J connectivity index is 0.000000159. The van der Waals surface area contributed by atoms with Crippen LogP contribution in [0.1, 0.15) is 0 Å². The molecule has 0 aliphatic rings. The van der Waals surface area contributed by atoms with Gasteiger partial charge in [0.15, 0.2) is 28.6 Å². The number of rotatable bonds is 12. The molecule has 12 rings (SSSR count). The zero-order valence-corrected chi connectivity index (χ0v) is 51.8. The van der Waals surface area contributed by atoms with E-state index in [0.717, 1.165) is 63.7 Å². The molecule has 0 saturated heterocycles. The van der Waals surface area contributed by atoms with Crippen LogP contribution in [0.15, 0.2) is 364 Å². The van der Waals surface area contributed by atoms with Gasteiger partial charge in [0.1, 0.15) is 0 Å². The van der Waals surface area contributed by atoms with Gasteiger partial charge >= 0.3 is 16.8 Å². The molecule has 12 aromatic carbocycles. The van der Waals surface area contributed by atoms with Gasteiger partial charge in [-0.15, -0.1) is 0 Å². The average molecular weight is 1270 g/mol. The third kappa shape index (κ3) is 16.8. The second-order valence-electron chi connectivity index (χ2n) is 18.9. The van der Waals surface area contributed by atoms with Gasteiger partial charge in [-0.25, -0.2) is 0 Å². The predicted octanol–water partition coefficient (Wildman–Crippen LogP) is 9.18. The van der Waals surface area contributed by atoms with E-state index in [-0.39, 0.29) is 16.8 Å². The van der Waals surface area contributed by atoms with E-state index in [9.17, 15) is 18.3 Å². The van der Waals surface area contributed by atoms with Gasteiger partial charge in [-0.2, -0.15) is 14.0 Å². The molecule has 0 spiro atoms. The van der Waals surface area contributed by atoms with E-state index >= 15 is 0 Å². The van der Waals surface area contributed by atoms with Gasteiger partial charge in [-0.1, -0.05) is 364 Å². The molecule has 0 aromatic heterocycles. The molecule has 0 aliphatic heterocycles.